The van der Waals surface area contributed by atoms with Crippen LogP contribution in [0.5, 0.6) is 5.75 Å². The molecule has 0 saturated carbocycles. The zero-order valence-electron chi connectivity index (χ0n) is 19.1. The minimum atomic E-state index is 0.0527. The van der Waals surface area contributed by atoms with Crippen LogP contribution in [-0.2, 0) is 17.6 Å². The van der Waals surface area contributed by atoms with E-state index in [0.29, 0.717) is 12.5 Å². The maximum atomic E-state index is 13.5. The van der Waals surface area contributed by atoms with Gasteiger partial charge in [-0.1, -0.05) is 6.07 Å². The number of fused-ring (bicyclic) bond motifs is 1. The molecule has 0 unspecified atom stereocenters. The largest absolute Gasteiger partial charge is 0.495 e. The van der Waals surface area contributed by atoms with Gasteiger partial charge >= 0.3 is 0 Å². The SMILES string of the molecule is COc1ccc(C)c2c1N(C(=O)Cc1c(C)nn(-c3nc(C)cc(C)n3)c1C)CCC2. The molecule has 3 aromatic rings. The molecule has 31 heavy (non-hydrogen) atoms. The lowest BCUT2D eigenvalue weighted by Gasteiger charge is -2.32. The highest BCUT2D eigenvalue weighted by Gasteiger charge is 2.28. The summed E-state index contributed by atoms with van der Waals surface area (Å²) in [6.45, 7) is 10.6. The average Bonchev–Trinajstić information content (AvgIpc) is 3.01. The minimum Gasteiger partial charge on any atom is -0.495 e. The van der Waals surface area contributed by atoms with Crippen molar-refractivity contribution in [3.8, 4) is 11.7 Å². The van der Waals surface area contributed by atoms with Crippen LogP contribution in [0.25, 0.3) is 5.95 Å². The van der Waals surface area contributed by atoms with Crippen molar-refractivity contribution < 1.29 is 9.53 Å². The van der Waals surface area contributed by atoms with E-state index in [1.807, 2.05) is 44.7 Å². The monoisotopic (exact) mass is 419 g/mol. The molecule has 0 fully saturated rings. The quantitative estimate of drug-likeness (QED) is 0.644. The van der Waals surface area contributed by atoms with Crippen molar-refractivity contribution in [1.82, 2.24) is 19.7 Å². The Balaban J connectivity index is 1.69. The van der Waals surface area contributed by atoms with E-state index >= 15 is 0 Å². The number of rotatable bonds is 4. The first-order chi connectivity index (χ1) is 14.8. The Bertz CT molecular complexity index is 1150. The molecular formula is C24H29N5O2. The van der Waals surface area contributed by atoms with E-state index < -0.39 is 0 Å². The highest BCUT2D eigenvalue weighted by atomic mass is 16.5. The minimum absolute atomic E-state index is 0.0527. The summed E-state index contributed by atoms with van der Waals surface area (Å²) in [6, 6.07) is 5.95. The lowest BCUT2D eigenvalue weighted by molar-refractivity contribution is -0.118. The van der Waals surface area contributed by atoms with Gasteiger partial charge in [0.2, 0.25) is 5.91 Å². The Labute approximate surface area is 183 Å². The Hall–Kier alpha value is -3.22. The molecule has 0 atom stereocenters. The van der Waals surface area contributed by atoms with E-state index in [4.69, 9.17) is 4.74 Å². The third-order valence-corrected chi connectivity index (χ3v) is 6.01. The third-order valence-electron chi connectivity index (χ3n) is 6.01. The maximum absolute atomic E-state index is 13.5. The summed E-state index contributed by atoms with van der Waals surface area (Å²) in [4.78, 5) is 24.4. The van der Waals surface area contributed by atoms with E-state index in [-0.39, 0.29) is 12.3 Å². The molecule has 162 valence electrons. The summed E-state index contributed by atoms with van der Waals surface area (Å²) in [5.74, 6) is 1.34. The summed E-state index contributed by atoms with van der Waals surface area (Å²) in [5.41, 5.74) is 7.73. The second-order valence-electron chi connectivity index (χ2n) is 8.25. The molecule has 1 aliphatic rings. The molecule has 7 nitrogen and oxygen atoms in total. The second kappa shape index (κ2) is 8.13. The molecule has 0 N–H and O–H groups in total. The van der Waals surface area contributed by atoms with Gasteiger partial charge in [-0.25, -0.2) is 14.6 Å². The van der Waals surface area contributed by atoms with Crippen molar-refractivity contribution in [2.45, 2.75) is 53.9 Å². The predicted octanol–water partition coefficient (Wildman–Crippen LogP) is 3.73. The number of anilines is 1. The number of aryl methyl sites for hydroxylation is 4. The molecule has 1 aliphatic heterocycles. The zero-order valence-corrected chi connectivity index (χ0v) is 19.1. The molecule has 1 amide bonds. The Morgan fingerprint density at radius 1 is 1.10 bits per heavy atom. The smallest absolute Gasteiger partial charge is 0.251 e. The zero-order chi connectivity index (χ0) is 22.3. The fraction of sp³-hybridized carbons (Fsp3) is 0.417. The van der Waals surface area contributed by atoms with Gasteiger partial charge in [-0.15, -0.1) is 0 Å². The number of hydrogen-bond acceptors (Lipinski definition) is 5. The lowest BCUT2D eigenvalue weighted by Crippen LogP contribution is -2.37. The molecule has 1 aromatic carbocycles. The van der Waals surface area contributed by atoms with Crippen LogP contribution in [0.2, 0.25) is 0 Å². The average molecular weight is 420 g/mol. The van der Waals surface area contributed by atoms with E-state index in [2.05, 4.69) is 28.1 Å². The third kappa shape index (κ3) is 3.80. The van der Waals surface area contributed by atoms with Crippen LogP contribution in [0, 0.1) is 34.6 Å². The Morgan fingerprint density at radius 2 is 1.81 bits per heavy atom. The molecule has 3 heterocycles. The van der Waals surface area contributed by atoms with Crippen LogP contribution in [0.3, 0.4) is 0 Å². The molecular weight excluding hydrogens is 390 g/mol. The van der Waals surface area contributed by atoms with Gasteiger partial charge in [-0.05, 0) is 70.7 Å². The van der Waals surface area contributed by atoms with E-state index in [1.165, 1.54) is 11.1 Å². The standard InChI is InChI=1S/C24H29N5O2/c1-14-9-10-21(31-6)23-19(14)8-7-11-28(23)22(30)13-20-17(4)27-29(18(20)5)24-25-15(2)12-16(3)26-24/h9-10,12H,7-8,11,13H2,1-6H3. The van der Waals surface area contributed by atoms with E-state index in [0.717, 1.165) is 52.6 Å². The molecule has 0 saturated heterocycles. The van der Waals surface area contributed by atoms with Gasteiger partial charge in [0, 0.05) is 29.2 Å². The number of aromatic nitrogens is 4. The van der Waals surface area contributed by atoms with Gasteiger partial charge in [0.05, 0.1) is 24.9 Å². The van der Waals surface area contributed by atoms with Crippen LogP contribution >= 0.6 is 0 Å². The molecule has 7 heteroatoms. The number of amides is 1. The molecule has 2 aromatic heterocycles. The van der Waals surface area contributed by atoms with Gasteiger partial charge in [0.15, 0.2) is 0 Å². The van der Waals surface area contributed by atoms with Crippen LogP contribution < -0.4 is 9.64 Å². The van der Waals surface area contributed by atoms with Crippen LogP contribution in [0.1, 0.15) is 45.9 Å². The van der Waals surface area contributed by atoms with E-state index in [9.17, 15) is 4.79 Å². The first kappa shape index (κ1) is 21.0. The van der Waals surface area contributed by atoms with Crippen LogP contribution in [0.4, 0.5) is 5.69 Å². The van der Waals surface area contributed by atoms with Gasteiger partial charge in [-0.3, -0.25) is 4.79 Å². The number of carbonyl (C=O) groups is 1. The Kier molecular flexibility index (Phi) is 5.52. The first-order valence-corrected chi connectivity index (χ1v) is 10.6. The normalized spacial score (nSPS) is 13.3. The number of methoxy groups -OCH3 is 1. The predicted molar refractivity (Wildman–Crippen MR) is 120 cm³/mol. The highest BCUT2D eigenvalue weighted by Crippen LogP contribution is 2.38. The van der Waals surface area contributed by atoms with Gasteiger partial charge < -0.3 is 9.64 Å². The topological polar surface area (TPSA) is 73.1 Å². The molecule has 4 rings (SSSR count). The van der Waals surface area contributed by atoms with Gasteiger partial charge in [0.25, 0.3) is 5.95 Å². The van der Waals surface area contributed by atoms with Crippen molar-refractivity contribution in [1.29, 1.82) is 0 Å². The second-order valence-corrected chi connectivity index (χ2v) is 8.25. The summed E-state index contributed by atoms with van der Waals surface area (Å²) >= 11 is 0. The maximum Gasteiger partial charge on any atom is 0.251 e. The number of ether oxygens (including phenoxy) is 1. The lowest BCUT2D eigenvalue weighted by atomic mass is 9.95. The fourth-order valence-corrected chi connectivity index (χ4v) is 4.44. The van der Waals surface area contributed by atoms with Crippen LogP contribution in [-0.4, -0.2) is 39.3 Å². The van der Waals surface area contributed by atoms with Crippen molar-refractivity contribution in [2.75, 3.05) is 18.6 Å². The summed E-state index contributed by atoms with van der Waals surface area (Å²) in [7, 11) is 1.66. The summed E-state index contributed by atoms with van der Waals surface area (Å²) in [6.07, 6.45) is 2.18. The molecule has 0 spiro atoms. The van der Waals surface area contributed by atoms with Crippen LogP contribution in [0.15, 0.2) is 18.2 Å². The molecule has 0 radical (unpaired) electrons. The highest BCUT2D eigenvalue weighted by molar-refractivity contribution is 5.98. The number of nitrogens with zero attached hydrogens (tertiary/aromatic N) is 5. The van der Waals surface area contributed by atoms with Crippen molar-refractivity contribution in [3.63, 3.8) is 0 Å². The summed E-state index contributed by atoms with van der Waals surface area (Å²) in [5, 5.41) is 4.65. The number of carbonyl (C=O) groups excluding carboxylic acids is 1. The molecule has 0 aliphatic carbocycles. The van der Waals surface area contributed by atoms with Crippen molar-refractivity contribution in [2.24, 2.45) is 0 Å². The van der Waals surface area contributed by atoms with Crippen molar-refractivity contribution >= 4 is 11.6 Å². The first-order valence-electron chi connectivity index (χ1n) is 10.6. The fourth-order valence-electron chi connectivity index (χ4n) is 4.44. The van der Waals surface area contributed by atoms with Crippen molar-refractivity contribution in [3.05, 3.63) is 57.7 Å². The van der Waals surface area contributed by atoms with Gasteiger partial charge in [0.1, 0.15) is 5.75 Å². The Morgan fingerprint density at radius 3 is 2.48 bits per heavy atom. The van der Waals surface area contributed by atoms with E-state index in [1.54, 1.807) is 11.8 Å². The van der Waals surface area contributed by atoms with Gasteiger partial charge in [-0.2, -0.15) is 5.10 Å². The summed E-state index contributed by atoms with van der Waals surface area (Å²) < 4.78 is 7.35. The molecule has 0 bridgehead atoms. The number of benzene rings is 1. The number of hydrogen-bond donors (Lipinski definition) is 0.